The monoisotopic (exact) mass is 365 g/mol. The van der Waals surface area contributed by atoms with Crippen LogP contribution in [0.5, 0.6) is 5.75 Å². The van der Waals surface area contributed by atoms with Gasteiger partial charge >= 0.3 is 11.7 Å². The van der Waals surface area contributed by atoms with Crippen LogP contribution in [0.25, 0.3) is 0 Å². The molecule has 0 N–H and O–H groups in total. The van der Waals surface area contributed by atoms with Crippen LogP contribution in [0.2, 0.25) is 0 Å². The minimum absolute atomic E-state index is 0.0911. The average Bonchev–Trinajstić information content (AvgIpc) is 2.53. The van der Waals surface area contributed by atoms with Gasteiger partial charge in [-0.1, -0.05) is 34.1 Å². The molecule has 0 spiro atoms. The molecular formula is C15H12BrNO5. The molecule has 0 radical (unpaired) electrons. The lowest BCUT2D eigenvalue weighted by molar-refractivity contribution is -0.386. The van der Waals surface area contributed by atoms with Gasteiger partial charge in [0, 0.05) is 16.1 Å². The van der Waals surface area contributed by atoms with E-state index >= 15 is 0 Å². The first-order valence-electron chi connectivity index (χ1n) is 6.26. The summed E-state index contributed by atoms with van der Waals surface area (Å²) in [5.41, 5.74) is 0.672. The number of hydrogen-bond acceptors (Lipinski definition) is 5. The first-order valence-corrected chi connectivity index (χ1v) is 7.05. The largest absolute Gasteiger partial charge is 0.482 e. The third kappa shape index (κ3) is 3.62. The quantitative estimate of drug-likeness (QED) is 0.458. The Labute approximate surface area is 134 Å². The van der Waals surface area contributed by atoms with Gasteiger partial charge in [-0.3, -0.25) is 10.1 Å². The number of nitro groups is 1. The molecule has 0 aliphatic rings. The van der Waals surface area contributed by atoms with Crippen molar-refractivity contribution in [1.29, 1.82) is 0 Å². The molecule has 22 heavy (non-hydrogen) atoms. The lowest BCUT2D eigenvalue weighted by atomic mass is 10.2. The Hall–Kier alpha value is -2.41. The van der Waals surface area contributed by atoms with Crippen molar-refractivity contribution in [2.75, 3.05) is 7.11 Å². The molecule has 0 saturated heterocycles. The third-order valence-electron chi connectivity index (χ3n) is 2.92. The number of esters is 1. The highest BCUT2D eigenvalue weighted by atomic mass is 79.9. The van der Waals surface area contributed by atoms with Crippen molar-refractivity contribution in [3.8, 4) is 5.75 Å². The van der Waals surface area contributed by atoms with Crippen LogP contribution < -0.4 is 4.74 Å². The first kappa shape index (κ1) is 16.0. The molecule has 7 heteroatoms. The minimum Gasteiger partial charge on any atom is -0.482 e. The maximum atomic E-state index is 11.4. The number of methoxy groups -OCH3 is 1. The first-order chi connectivity index (χ1) is 10.5. The molecule has 0 bridgehead atoms. The molecule has 0 heterocycles. The second-order valence-corrected chi connectivity index (χ2v) is 5.17. The van der Waals surface area contributed by atoms with Gasteiger partial charge in [0.05, 0.1) is 17.6 Å². The van der Waals surface area contributed by atoms with Gasteiger partial charge in [0.15, 0.2) is 5.75 Å². The van der Waals surface area contributed by atoms with E-state index in [1.807, 2.05) is 24.3 Å². The van der Waals surface area contributed by atoms with Crippen LogP contribution >= 0.6 is 15.9 Å². The highest BCUT2D eigenvalue weighted by molar-refractivity contribution is 9.10. The van der Waals surface area contributed by atoms with Gasteiger partial charge in [-0.05, 0) is 18.2 Å². The Morgan fingerprint density at radius 3 is 2.64 bits per heavy atom. The van der Waals surface area contributed by atoms with Crippen molar-refractivity contribution in [3.63, 3.8) is 0 Å². The number of benzene rings is 2. The smallest absolute Gasteiger partial charge is 0.338 e. The molecule has 0 aliphatic heterocycles. The predicted molar refractivity (Wildman–Crippen MR) is 82.9 cm³/mol. The Morgan fingerprint density at radius 1 is 1.27 bits per heavy atom. The van der Waals surface area contributed by atoms with E-state index in [0.29, 0.717) is 0 Å². The number of carbonyl (C=O) groups excluding carboxylic acids is 1. The summed E-state index contributed by atoms with van der Waals surface area (Å²) in [7, 11) is 1.21. The van der Waals surface area contributed by atoms with Gasteiger partial charge in [0.25, 0.3) is 0 Å². The average molecular weight is 366 g/mol. The number of rotatable bonds is 5. The van der Waals surface area contributed by atoms with Crippen molar-refractivity contribution < 1.29 is 19.2 Å². The summed E-state index contributed by atoms with van der Waals surface area (Å²) in [5.74, 6) is -0.547. The SMILES string of the molecule is COC(=O)c1ccc(OCc2ccccc2Br)c([N+](=O)[O-])c1. The van der Waals surface area contributed by atoms with Gasteiger partial charge in [-0.25, -0.2) is 4.79 Å². The number of halogens is 1. The predicted octanol–water partition coefficient (Wildman–Crippen LogP) is 3.72. The summed E-state index contributed by atoms with van der Waals surface area (Å²) in [5, 5.41) is 11.1. The molecule has 114 valence electrons. The van der Waals surface area contributed by atoms with E-state index in [4.69, 9.17) is 4.74 Å². The van der Waals surface area contributed by atoms with Crippen LogP contribution in [-0.2, 0) is 11.3 Å². The molecule has 0 saturated carbocycles. The van der Waals surface area contributed by atoms with Gasteiger partial charge < -0.3 is 9.47 Å². The van der Waals surface area contributed by atoms with Crippen LogP contribution in [0.3, 0.4) is 0 Å². The molecular weight excluding hydrogens is 354 g/mol. The van der Waals surface area contributed by atoms with Gasteiger partial charge in [-0.15, -0.1) is 0 Å². The Morgan fingerprint density at radius 2 is 2.00 bits per heavy atom. The van der Waals surface area contributed by atoms with E-state index in [9.17, 15) is 14.9 Å². The molecule has 2 rings (SSSR count). The Kier molecular flexibility index (Phi) is 5.11. The van der Waals surface area contributed by atoms with Crippen LogP contribution in [0.4, 0.5) is 5.69 Å². The standard InChI is InChI=1S/C15H12BrNO5/c1-21-15(18)10-6-7-14(13(8-10)17(19)20)22-9-11-4-2-3-5-12(11)16/h2-8H,9H2,1H3. The fourth-order valence-electron chi connectivity index (χ4n) is 1.80. The van der Waals surface area contributed by atoms with Gasteiger partial charge in [0.2, 0.25) is 0 Å². The van der Waals surface area contributed by atoms with E-state index in [-0.39, 0.29) is 23.6 Å². The molecule has 2 aromatic rings. The second-order valence-electron chi connectivity index (χ2n) is 4.31. The van der Waals surface area contributed by atoms with Gasteiger partial charge in [0.1, 0.15) is 6.61 Å². The van der Waals surface area contributed by atoms with Crippen molar-refractivity contribution >= 4 is 27.6 Å². The number of hydrogen-bond donors (Lipinski definition) is 0. The van der Waals surface area contributed by atoms with Crippen LogP contribution in [0.15, 0.2) is 46.9 Å². The van der Waals surface area contributed by atoms with Crippen molar-refractivity contribution in [2.24, 2.45) is 0 Å². The summed E-state index contributed by atoms with van der Waals surface area (Å²) < 4.78 is 10.9. The topological polar surface area (TPSA) is 78.7 Å². The summed E-state index contributed by atoms with van der Waals surface area (Å²) in [6.45, 7) is 0.167. The molecule has 6 nitrogen and oxygen atoms in total. The number of nitro benzene ring substituents is 1. The number of ether oxygens (including phenoxy) is 2. The molecule has 0 fully saturated rings. The Bertz CT molecular complexity index is 717. The number of carbonyl (C=O) groups is 1. The molecule has 2 aromatic carbocycles. The van der Waals surface area contributed by atoms with Crippen molar-refractivity contribution in [1.82, 2.24) is 0 Å². The molecule has 0 atom stereocenters. The zero-order valence-corrected chi connectivity index (χ0v) is 13.2. The molecule has 0 unspecified atom stereocenters. The second kappa shape index (κ2) is 7.04. The van der Waals surface area contributed by atoms with E-state index in [1.165, 1.54) is 19.2 Å². The van der Waals surface area contributed by atoms with E-state index in [0.717, 1.165) is 16.1 Å². The van der Waals surface area contributed by atoms with Crippen LogP contribution in [0, 0.1) is 10.1 Å². The fourth-order valence-corrected chi connectivity index (χ4v) is 2.20. The van der Waals surface area contributed by atoms with E-state index in [2.05, 4.69) is 20.7 Å². The molecule has 0 aromatic heterocycles. The Balaban J connectivity index is 2.25. The summed E-state index contributed by atoms with van der Waals surface area (Å²) >= 11 is 3.38. The lowest BCUT2D eigenvalue weighted by Gasteiger charge is -2.09. The summed E-state index contributed by atoms with van der Waals surface area (Å²) in [6, 6.07) is 11.4. The lowest BCUT2D eigenvalue weighted by Crippen LogP contribution is -2.04. The van der Waals surface area contributed by atoms with E-state index in [1.54, 1.807) is 0 Å². The van der Waals surface area contributed by atoms with Gasteiger partial charge in [-0.2, -0.15) is 0 Å². The third-order valence-corrected chi connectivity index (χ3v) is 3.69. The number of nitrogens with zero attached hydrogens (tertiary/aromatic N) is 1. The van der Waals surface area contributed by atoms with Crippen LogP contribution in [-0.4, -0.2) is 18.0 Å². The maximum Gasteiger partial charge on any atom is 0.338 e. The highest BCUT2D eigenvalue weighted by Gasteiger charge is 2.19. The zero-order chi connectivity index (χ0) is 16.1. The molecule has 0 amide bonds. The van der Waals surface area contributed by atoms with Crippen LogP contribution in [0.1, 0.15) is 15.9 Å². The maximum absolute atomic E-state index is 11.4. The summed E-state index contributed by atoms with van der Waals surface area (Å²) in [6.07, 6.45) is 0. The minimum atomic E-state index is -0.638. The fraction of sp³-hybridized carbons (Fsp3) is 0.133. The zero-order valence-electron chi connectivity index (χ0n) is 11.6. The highest BCUT2D eigenvalue weighted by Crippen LogP contribution is 2.29. The normalized spacial score (nSPS) is 10.1. The van der Waals surface area contributed by atoms with E-state index < -0.39 is 10.9 Å². The van der Waals surface area contributed by atoms with Crippen molar-refractivity contribution in [2.45, 2.75) is 6.61 Å². The molecule has 0 aliphatic carbocycles. The summed E-state index contributed by atoms with van der Waals surface area (Å²) in [4.78, 5) is 22.0. The van der Waals surface area contributed by atoms with Crippen molar-refractivity contribution in [3.05, 3.63) is 68.2 Å².